The van der Waals surface area contributed by atoms with Crippen molar-refractivity contribution in [2.24, 2.45) is 7.05 Å². The number of halogens is 1. The standard InChI is InChI=1S/C15H12FN3O/c1-19-12-6-4-5-11(16)10(12)9-13(19)15(20)18-14-7-2-3-8-17-14/h2-9H,1H3,(H,17,18,20). The largest absolute Gasteiger partial charge is 0.340 e. The van der Waals surface area contributed by atoms with Crippen molar-refractivity contribution in [1.82, 2.24) is 9.55 Å². The van der Waals surface area contributed by atoms with E-state index in [0.29, 0.717) is 22.4 Å². The maximum absolute atomic E-state index is 13.7. The average Bonchev–Trinajstić information content (AvgIpc) is 2.79. The van der Waals surface area contributed by atoms with Gasteiger partial charge >= 0.3 is 0 Å². The third-order valence-corrected chi connectivity index (χ3v) is 3.17. The van der Waals surface area contributed by atoms with Crippen LogP contribution in [0.3, 0.4) is 0 Å². The number of carbonyl (C=O) groups excluding carboxylic acids is 1. The number of hydrogen-bond acceptors (Lipinski definition) is 2. The molecule has 0 atom stereocenters. The van der Waals surface area contributed by atoms with Crippen LogP contribution in [0.2, 0.25) is 0 Å². The van der Waals surface area contributed by atoms with Gasteiger partial charge in [-0.2, -0.15) is 0 Å². The topological polar surface area (TPSA) is 46.9 Å². The predicted molar refractivity (Wildman–Crippen MR) is 75.1 cm³/mol. The molecule has 1 N–H and O–H groups in total. The fourth-order valence-corrected chi connectivity index (χ4v) is 2.16. The highest BCUT2D eigenvalue weighted by Crippen LogP contribution is 2.22. The summed E-state index contributed by atoms with van der Waals surface area (Å²) in [6.07, 6.45) is 1.59. The van der Waals surface area contributed by atoms with Gasteiger partial charge in [0.15, 0.2) is 0 Å². The van der Waals surface area contributed by atoms with Gasteiger partial charge in [-0.05, 0) is 30.3 Å². The summed E-state index contributed by atoms with van der Waals surface area (Å²) in [6, 6.07) is 11.6. The van der Waals surface area contributed by atoms with Crippen molar-refractivity contribution in [2.75, 3.05) is 5.32 Å². The first kappa shape index (κ1) is 12.3. The molecule has 20 heavy (non-hydrogen) atoms. The van der Waals surface area contributed by atoms with Crippen molar-refractivity contribution < 1.29 is 9.18 Å². The third kappa shape index (κ3) is 2.03. The second-order valence-corrected chi connectivity index (χ2v) is 4.43. The Morgan fingerprint density at radius 2 is 2.10 bits per heavy atom. The first-order valence-electron chi connectivity index (χ1n) is 6.13. The number of pyridine rings is 1. The summed E-state index contributed by atoms with van der Waals surface area (Å²) in [5, 5.41) is 3.12. The molecule has 0 bridgehead atoms. The van der Waals surface area contributed by atoms with Crippen LogP contribution in [0.5, 0.6) is 0 Å². The monoisotopic (exact) mass is 269 g/mol. The zero-order chi connectivity index (χ0) is 14.1. The van der Waals surface area contributed by atoms with Crippen LogP contribution >= 0.6 is 0 Å². The lowest BCUT2D eigenvalue weighted by Gasteiger charge is -2.05. The molecule has 0 aliphatic heterocycles. The van der Waals surface area contributed by atoms with E-state index in [-0.39, 0.29) is 11.7 Å². The molecule has 3 rings (SSSR count). The summed E-state index contributed by atoms with van der Waals surface area (Å²) in [5.74, 6) is -0.194. The van der Waals surface area contributed by atoms with Gasteiger partial charge in [-0.15, -0.1) is 0 Å². The second kappa shape index (κ2) is 4.77. The van der Waals surface area contributed by atoms with Gasteiger partial charge in [0.1, 0.15) is 17.3 Å². The number of amides is 1. The number of rotatable bonds is 2. The molecule has 0 aliphatic carbocycles. The predicted octanol–water partition coefficient (Wildman–Crippen LogP) is 2.96. The van der Waals surface area contributed by atoms with Gasteiger partial charge < -0.3 is 9.88 Å². The molecule has 1 aromatic carbocycles. The molecular formula is C15H12FN3O. The molecule has 2 aromatic heterocycles. The Balaban J connectivity index is 2.00. The fraction of sp³-hybridized carbons (Fsp3) is 0.0667. The van der Waals surface area contributed by atoms with E-state index in [1.54, 1.807) is 54.2 Å². The van der Waals surface area contributed by atoms with E-state index in [4.69, 9.17) is 0 Å². The zero-order valence-electron chi connectivity index (χ0n) is 10.8. The Morgan fingerprint density at radius 1 is 1.25 bits per heavy atom. The van der Waals surface area contributed by atoms with Crippen molar-refractivity contribution in [3.63, 3.8) is 0 Å². The summed E-state index contributed by atoms with van der Waals surface area (Å²) >= 11 is 0. The minimum atomic E-state index is -0.338. The van der Waals surface area contributed by atoms with Gasteiger partial charge in [-0.3, -0.25) is 4.79 Å². The minimum absolute atomic E-state index is 0.318. The molecule has 0 radical (unpaired) electrons. The highest BCUT2D eigenvalue weighted by atomic mass is 19.1. The maximum Gasteiger partial charge on any atom is 0.273 e. The summed E-state index contributed by atoms with van der Waals surface area (Å²) < 4.78 is 15.4. The molecule has 0 saturated heterocycles. The summed E-state index contributed by atoms with van der Waals surface area (Å²) in [4.78, 5) is 16.3. The van der Waals surface area contributed by atoms with Gasteiger partial charge in [0.25, 0.3) is 5.91 Å². The molecule has 5 heteroatoms. The highest BCUT2D eigenvalue weighted by Gasteiger charge is 2.15. The highest BCUT2D eigenvalue weighted by molar-refractivity contribution is 6.06. The molecule has 1 amide bonds. The van der Waals surface area contributed by atoms with Crippen LogP contribution in [0, 0.1) is 5.82 Å². The van der Waals surface area contributed by atoms with Gasteiger partial charge in [-0.1, -0.05) is 12.1 Å². The first-order chi connectivity index (χ1) is 9.66. The van der Waals surface area contributed by atoms with Crippen molar-refractivity contribution in [2.45, 2.75) is 0 Å². The van der Waals surface area contributed by atoms with Crippen LogP contribution in [-0.2, 0) is 7.05 Å². The number of benzene rings is 1. The third-order valence-electron chi connectivity index (χ3n) is 3.17. The number of hydrogen-bond donors (Lipinski definition) is 1. The molecule has 100 valence electrons. The quantitative estimate of drug-likeness (QED) is 0.777. The summed E-state index contributed by atoms with van der Waals surface area (Å²) in [5.41, 5.74) is 1.06. The molecule has 0 fully saturated rings. The van der Waals surface area contributed by atoms with Gasteiger partial charge in [0.2, 0.25) is 0 Å². The Morgan fingerprint density at radius 3 is 2.80 bits per heavy atom. The Kier molecular flexibility index (Phi) is 2.95. The van der Waals surface area contributed by atoms with Crippen molar-refractivity contribution in [1.29, 1.82) is 0 Å². The average molecular weight is 269 g/mol. The fourth-order valence-electron chi connectivity index (χ4n) is 2.16. The number of fused-ring (bicyclic) bond motifs is 1. The maximum atomic E-state index is 13.7. The molecule has 2 heterocycles. The lowest BCUT2D eigenvalue weighted by molar-refractivity contribution is 0.101. The van der Waals surface area contributed by atoms with Gasteiger partial charge in [-0.25, -0.2) is 9.37 Å². The Labute approximate surface area is 114 Å². The molecule has 0 aliphatic rings. The van der Waals surface area contributed by atoms with E-state index in [1.165, 1.54) is 6.07 Å². The van der Waals surface area contributed by atoms with Crippen molar-refractivity contribution in [3.8, 4) is 0 Å². The number of aromatic nitrogens is 2. The summed E-state index contributed by atoms with van der Waals surface area (Å²) in [6.45, 7) is 0. The van der Waals surface area contributed by atoms with E-state index >= 15 is 0 Å². The molecule has 3 aromatic rings. The van der Waals surface area contributed by atoms with Crippen LogP contribution in [0.4, 0.5) is 10.2 Å². The van der Waals surface area contributed by atoms with Crippen LogP contribution in [0.1, 0.15) is 10.5 Å². The normalized spacial score (nSPS) is 10.7. The van der Waals surface area contributed by atoms with Crippen molar-refractivity contribution >= 4 is 22.6 Å². The van der Waals surface area contributed by atoms with E-state index < -0.39 is 0 Å². The minimum Gasteiger partial charge on any atom is -0.340 e. The molecule has 0 saturated carbocycles. The molecule has 4 nitrogen and oxygen atoms in total. The van der Waals surface area contributed by atoms with E-state index in [0.717, 1.165) is 0 Å². The zero-order valence-corrected chi connectivity index (χ0v) is 10.8. The smallest absolute Gasteiger partial charge is 0.273 e. The SMILES string of the molecule is Cn1c(C(=O)Nc2ccccn2)cc2c(F)cccc21. The first-order valence-corrected chi connectivity index (χ1v) is 6.13. The van der Waals surface area contributed by atoms with Crippen LogP contribution < -0.4 is 5.32 Å². The van der Waals surface area contributed by atoms with Crippen LogP contribution in [-0.4, -0.2) is 15.5 Å². The lowest BCUT2D eigenvalue weighted by atomic mass is 10.2. The Hall–Kier alpha value is -2.69. The molecule has 0 unspecified atom stereocenters. The van der Waals surface area contributed by atoms with Crippen LogP contribution in [0.15, 0.2) is 48.7 Å². The van der Waals surface area contributed by atoms with Gasteiger partial charge in [0.05, 0.1) is 5.52 Å². The second-order valence-electron chi connectivity index (χ2n) is 4.43. The van der Waals surface area contributed by atoms with Gasteiger partial charge in [0, 0.05) is 18.6 Å². The van der Waals surface area contributed by atoms with E-state index in [2.05, 4.69) is 10.3 Å². The number of carbonyl (C=O) groups is 1. The van der Waals surface area contributed by atoms with E-state index in [1.807, 2.05) is 0 Å². The molecular weight excluding hydrogens is 257 g/mol. The number of aryl methyl sites for hydroxylation is 1. The lowest BCUT2D eigenvalue weighted by Crippen LogP contribution is -2.16. The van der Waals surface area contributed by atoms with Crippen molar-refractivity contribution in [3.05, 3.63) is 60.2 Å². The van der Waals surface area contributed by atoms with E-state index in [9.17, 15) is 9.18 Å². The molecule has 0 spiro atoms. The number of nitrogens with zero attached hydrogens (tertiary/aromatic N) is 2. The Bertz CT molecular complexity index is 780. The number of nitrogens with one attached hydrogen (secondary N) is 1. The van der Waals surface area contributed by atoms with Crippen LogP contribution in [0.25, 0.3) is 10.9 Å². The number of anilines is 1. The summed E-state index contributed by atoms with van der Waals surface area (Å²) in [7, 11) is 1.73.